The fourth-order valence-electron chi connectivity index (χ4n) is 3.18. The van der Waals surface area contributed by atoms with Gasteiger partial charge in [-0.25, -0.2) is 4.79 Å². The molecule has 0 heterocycles. The molecule has 1 aliphatic carbocycles. The standard InChI is InChI=1S/C17H24ClNO2/c1-16(2,3)12-8-10-17(11-9-12,15(20)21)19-14-6-4-13(18)5-7-14/h4-7,12,19H,8-11H2,1-3H3,(H,20,21). The molecule has 2 N–H and O–H groups in total. The summed E-state index contributed by atoms with van der Waals surface area (Å²) in [7, 11) is 0. The van der Waals surface area contributed by atoms with Crippen molar-refractivity contribution >= 4 is 23.3 Å². The van der Waals surface area contributed by atoms with Crippen LogP contribution in [0.15, 0.2) is 24.3 Å². The lowest BCUT2D eigenvalue weighted by Gasteiger charge is -2.42. The summed E-state index contributed by atoms with van der Waals surface area (Å²) in [6.07, 6.45) is 3.20. The molecule has 3 nitrogen and oxygen atoms in total. The monoisotopic (exact) mass is 309 g/mol. The first-order valence-electron chi connectivity index (χ1n) is 7.50. The lowest BCUT2D eigenvalue weighted by Crippen LogP contribution is -2.50. The second-order valence-corrected chi connectivity index (χ2v) is 7.60. The zero-order valence-corrected chi connectivity index (χ0v) is 13.7. The van der Waals surface area contributed by atoms with Crippen LogP contribution in [0.1, 0.15) is 46.5 Å². The summed E-state index contributed by atoms with van der Waals surface area (Å²) < 4.78 is 0. The average Bonchev–Trinajstić information content (AvgIpc) is 2.41. The minimum Gasteiger partial charge on any atom is -0.480 e. The Morgan fingerprint density at radius 3 is 2.19 bits per heavy atom. The number of hydrogen-bond donors (Lipinski definition) is 2. The summed E-state index contributed by atoms with van der Waals surface area (Å²) in [6, 6.07) is 7.23. The van der Waals surface area contributed by atoms with Crippen molar-refractivity contribution in [3.05, 3.63) is 29.3 Å². The first kappa shape index (κ1) is 16.2. The van der Waals surface area contributed by atoms with Crippen LogP contribution in [-0.4, -0.2) is 16.6 Å². The molecule has 4 heteroatoms. The van der Waals surface area contributed by atoms with E-state index in [2.05, 4.69) is 26.1 Å². The van der Waals surface area contributed by atoms with Crippen molar-refractivity contribution in [1.29, 1.82) is 0 Å². The van der Waals surface area contributed by atoms with Crippen molar-refractivity contribution < 1.29 is 9.90 Å². The third kappa shape index (κ3) is 3.70. The normalized spacial score (nSPS) is 26.4. The number of nitrogens with one attached hydrogen (secondary N) is 1. The fraction of sp³-hybridized carbons (Fsp3) is 0.588. The van der Waals surface area contributed by atoms with E-state index in [1.165, 1.54) is 0 Å². The number of benzene rings is 1. The highest BCUT2D eigenvalue weighted by atomic mass is 35.5. The fourth-order valence-corrected chi connectivity index (χ4v) is 3.30. The molecule has 0 atom stereocenters. The Labute approximate surface area is 131 Å². The third-order valence-corrected chi connectivity index (χ3v) is 4.95. The highest BCUT2D eigenvalue weighted by Crippen LogP contribution is 2.42. The molecule has 1 aromatic carbocycles. The molecular formula is C17H24ClNO2. The van der Waals surface area contributed by atoms with Gasteiger partial charge in [0.2, 0.25) is 0 Å². The molecule has 0 saturated heterocycles. The molecule has 0 amide bonds. The molecule has 0 unspecified atom stereocenters. The molecule has 0 bridgehead atoms. The van der Waals surface area contributed by atoms with Crippen molar-refractivity contribution in [3.63, 3.8) is 0 Å². The van der Waals surface area contributed by atoms with Gasteiger partial charge in [-0.15, -0.1) is 0 Å². The quantitative estimate of drug-likeness (QED) is 0.842. The molecule has 1 aliphatic rings. The minimum atomic E-state index is -0.852. The smallest absolute Gasteiger partial charge is 0.329 e. The molecule has 1 saturated carbocycles. The van der Waals surface area contributed by atoms with E-state index < -0.39 is 11.5 Å². The number of hydrogen-bond acceptors (Lipinski definition) is 2. The number of halogens is 1. The maximum atomic E-state index is 11.8. The molecule has 0 aliphatic heterocycles. The van der Waals surface area contributed by atoms with E-state index in [0.717, 1.165) is 18.5 Å². The van der Waals surface area contributed by atoms with Crippen LogP contribution in [0.2, 0.25) is 5.02 Å². The van der Waals surface area contributed by atoms with Gasteiger partial charge >= 0.3 is 5.97 Å². The van der Waals surface area contributed by atoms with E-state index in [-0.39, 0.29) is 5.41 Å². The van der Waals surface area contributed by atoms with Crippen LogP contribution in [0.4, 0.5) is 5.69 Å². The Morgan fingerprint density at radius 2 is 1.76 bits per heavy atom. The van der Waals surface area contributed by atoms with E-state index in [1.807, 2.05) is 12.1 Å². The zero-order valence-electron chi connectivity index (χ0n) is 12.9. The van der Waals surface area contributed by atoms with E-state index in [1.54, 1.807) is 12.1 Å². The van der Waals surface area contributed by atoms with Gasteiger partial charge in [-0.2, -0.15) is 0 Å². The van der Waals surface area contributed by atoms with Gasteiger partial charge in [0.1, 0.15) is 5.54 Å². The first-order valence-corrected chi connectivity index (χ1v) is 7.88. The predicted octanol–water partition coefficient (Wildman–Crippen LogP) is 4.81. The minimum absolute atomic E-state index is 0.241. The highest BCUT2D eigenvalue weighted by molar-refractivity contribution is 6.30. The van der Waals surface area contributed by atoms with Gasteiger partial charge in [-0.1, -0.05) is 32.4 Å². The number of anilines is 1. The maximum absolute atomic E-state index is 11.8. The molecule has 0 radical (unpaired) electrons. The van der Waals surface area contributed by atoms with E-state index >= 15 is 0 Å². The van der Waals surface area contributed by atoms with Crippen molar-refractivity contribution in [2.24, 2.45) is 11.3 Å². The van der Waals surface area contributed by atoms with Gasteiger partial charge in [0.25, 0.3) is 0 Å². The second kappa shape index (κ2) is 5.88. The van der Waals surface area contributed by atoms with Crippen LogP contribution in [-0.2, 0) is 4.79 Å². The lowest BCUT2D eigenvalue weighted by molar-refractivity contribution is -0.144. The highest BCUT2D eigenvalue weighted by Gasteiger charge is 2.44. The summed E-state index contributed by atoms with van der Waals surface area (Å²) >= 11 is 5.88. The van der Waals surface area contributed by atoms with Gasteiger partial charge < -0.3 is 10.4 Å². The largest absolute Gasteiger partial charge is 0.480 e. The Balaban J connectivity index is 2.13. The molecular weight excluding hydrogens is 286 g/mol. The molecule has 1 fully saturated rings. The topological polar surface area (TPSA) is 49.3 Å². The van der Waals surface area contributed by atoms with Crippen LogP contribution >= 0.6 is 11.6 Å². The first-order chi connectivity index (χ1) is 9.73. The Bertz CT molecular complexity index is 497. The van der Waals surface area contributed by atoms with E-state index in [9.17, 15) is 9.90 Å². The maximum Gasteiger partial charge on any atom is 0.329 e. The molecule has 0 aromatic heterocycles. The van der Waals surface area contributed by atoms with E-state index in [4.69, 9.17) is 11.6 Å². The summed E-state index contributed by atoms with van der Waals surface area (Å²) in [5.41, 5.74) is 0.205. The number of rotatable bonds is 3. The van der Waals surface area contributed by atoms with Crippen molar-refractivity contribution in [2.45, 2.75) is 52.0 Å². The van der Waals surface area contributed by atoms with Crippen LogP contribution in [0.5, 0.6) is 0 Å². The average molecular weight is 310 g/mol. The predicted molar refractivity (Wildman–Crippen MR) is 86.9 cm³/mol. The molecule has 21 heavy (non-hydrogen) atoms. The summed E-state index contributed by atoms with van der Waals surface area (Å²) in [5.74, 6) is -0.179. The summed E-state index contributed by atoms with van der Waals surface area (Å²) in [4.78, 5) is 11.8. The number of aliphatic carboxylic acids is 1. The summed E-state index contributed by atoms with van der Waals surface area (Å²) in [6.45, 7) is 6.70. The van der Waals surface area contributed by atoms with Crippen molar-refractivity contribution in [1.82, 2.24) is 0 Å². The van der Waals surface area contributed by atoms with Crippen molar-refractivity contribution in [2.75, 3.05) is 5.32 Å². The number of carboxylic acids is 1. The van der Waals surface area contributed by atoms with Crippen LogP contribution in [0.25, 0.3) is 0 Å². The molecule has 1 aromatic rings. The van der Waals surface area contributed by atoms with Gasteiger partial charge in [0.05, 0.1) is 0 Å². The second-order valence-electron chi connectivity index (χ2n) is 7.16. The lowest BCUT2D eigenvalue weighted by atomic mass is 9.67. The Kier molecular flexibility index (Phi) is 4.52. The van der Waals surface area contributed by atoms with Gasteiger partial charge in [-0.05, 0) is 61.3 Å². The van der Waals surface area contributed by atoms with Gasteiger partial charge in [0, 0.05) is 10.7 Å². The van der Waals surface area contributed by atoms with Gasteiger partial charge in [-0.3, -0.25) is 0 Å². The molecule has 116 valence electrons. The number of carboxylic acid groups (broad SMARTS) is 1. The van der Waals surface area contributed by atoms with Gasteiger partial charge in [0.15, 0.2) is 0 Å². The molecule has 0 spiro atoms. The van der Waals surface area contributed by atoms with Crippen molar-refractivity contribution in [3.8, 4) is 0 Å². The van der Waals surface area contributed by atoms with E-state index in [0.29, 0.717) is 23.8 Å². The summed E-state index contributed by atoms with van der Waals surface area (Å²) in [5, 5.41) is 13.6. The SMILES string of the molecule is CC(C)(C)C1CCC(Nc2ccc(Cl)cc2)(C(=O)O)CC1. The van der Waals surface area contributed by atoms with Crippen LogP contribution < -0.4 is 5.32 Å². The van der Waals surface area contributed by atoms with Crippen LogP contribution in [0, 0.1) is 11.3 Å². The van der Waals surface area contributed by atoms with Crippen LogP contribution in [0.3, 0.4) is 0 Å². The Morgan fingerprint density at radius 1 is 1.24 bits per heavy atom. The Hall–Kier alpha value is -1.22. The number of carbonyl (C=O) groups is 1. The molecule has 2 rings (SSSR count). The zero-order chi connectivity index (χ0) is 15.7. The third-order valence-electron chi connectivity index (χ3n) is 4.70.